The Kier molecular flexibility index (Phi) is 5.93. The van der Waals surface area contributed by atoms with Crippen molar-refractivity contribution in [1.29, 1.82) is 0 Å². The molecule has 7 heteroatoms. The number of halogens is 1. The highest BCUT2D eigenvalue weighted by atomic mass is 35.5. The first-order valence-corrected chi connectivity index (χ1v) is 9.13. The molecule has 0 radical (unpaired) electrons. The minimum absolute atomic E-state index is 0.00414. The minimum atomic E-state index is -0.215. The first-order valence-electron chi connectivity index (χ1n) is 8.76. The molecule has 0 bridgehead atoms. The second-order valence-corrected chi connectivity index (χ2v) is 6.91. The van der Waals surface area contributed by atoms with Gasteiger partial charge in [0.05, 0.1) is 12.7 Å². The maximum absolute atomic E-state index is 12.4. The molecule has 1 saturated heterocycles. The molecule has 0 spiro atoms. The molecular formula is C19H22ClN3O3. The van der Waals surface area contributed by atoms with E-state index in [0.717, 1.165) is 30.6 Å². The number of likely N-dealkylation sites (tertiary alicyclic amines) is 1. The Morgan fingerprint density at radius 2 is 2.08 bits per heavy atom. The van der Waals surface area contributed by atoms with Crippen LogP contribution in [0.3, 0.4) is 0 Å². The van der Waals surface area contributed by atoms with E-state index >= 15 is 0 Å². The molecular weight excluding hydrogens is 354 g/mol. The Morgan fingerprint density at radius 3 is 2.81 bits per heavy atom. The first-order chi connectivity index (χ1) is 12.5. The summed E-state index contributed by atoms with van der Waals surface area (Å²) in [5, 5.41) is 3.26. The smallest absolute Gasteiger partial charge is 0.242 e. The minimum Gasteiger partial charge on any atom is -0.443 e. The van der Waals surface area contributed by atoms with Gasteiger partial charge in [-0.25, -0.2) is 4.98 Å². The molecule has 1 N–H and O–H groups in total. The molecule has 2 heterocycles. The van der Waals surface area contributed by atoms with Crippen molar-refractivity contribution in [2.75, 3.05) is 13.1 Å². The summed E-state index contributed by atoms with van der Waals surface area (Å²) in [7, 11) is 0. The number of aromatic nitrogens is 1. The van der Waals surface area contributed by atoms with Crippen molar-refractivity contribution >= 4 is 23.4 Å². The van der Waals surface area contributed by atoms with Gasteiger partial charge in [-0.15, -0.1) is 0 Å². The SMILES string of the molecule is CC(=O)NCC(=O)N1CCCCC1c1ncc(Cc2ccc(Cl)cc2)o1. The fraction of sp³-hybridized carbons (Fsp3) is 0.421. The Balaban J connectivity index is 1.70. The average Bonchev–Trinajstić information content (AvgIpc) is 3.10. The number of hydrogen-bond donors (Lipinski definition) is 1. The van der Waals surface area contributed by atoms with Crippen LogP contribution >= 0.6 is 11.6 Å². The van der Waals surface area contributed by atoms with Gasteiger partial charge in [0.1, 0.15) is 11.8 Å². The summed E-state index contributed by atoms with van der Waals surface area (Å²) in [4.78, 5) is 29.7. The number of hydrogen-bond acceptors (Lipinski definition) is 4. The lowest BCUT2D eigenvalue weighted by Crippen LogP contribution is -2.44. The molecule has 138 valence electrons. The van der Waals surface area contributed by atoms with Gasteiger partial charge in [0.15, 0.2) is 0 Å². The molecule has 1 aromatic heterocycles. The topological polar surface area (TPSA) is 75.4 Å². The number of carbonyl (C=O) groups excluding carboxylic acids is 2. The van der Waals surface area contributed by atoms with Crippen LogP contribution in [0.25, 0.3) is 0 Å². The second kappa shape index (κ2) is 8.36. The van der Waals surface area contributed by atoms with Crippen molar-refractivity contribution in [3.63, 3.8) is 0 Å². The van der Waals surface area contributed by atoms with Crippen LogP contribution in [-0.2, 0) is 16.0 Å². The highest BCUT2D eigenvalue weighted by molar-refractivity contribution is 6.30. The maximum Gasteiger partial charge on any atom is 0.242 e. The van der Waals surface area contributed by atoms with Crippen LogP contribution in [0.4, 0.5) is 0 Å². The van der Waals surface area contributed by atoms with E-state index in [9.17, 15) is 9.59 Å². The van der Waals surface area contributed by atoms with Crippen LogP contribution in [-0.4, -0.2) is 34.8 Å². The van der Waals surface area contributed by atoms with E-state index in [4.69, 9.17) is 16.0 Å². The molecule has 2 aromatic rings. The summed E-state index contributed by atoms with van der Waals surface area (Å²) in [6.45, 7) is 2.06. The summed E-state index contributed by atoms with van der Waals surface area (Å²) in [5.74, 6) is 0.989. The largest absolute Gasteiger partial charge is 0.443 e. The predicted octanol–water partition coefficient (Wildman–Crippen LogP) is 3.11. The lowest BCUT2D eigenvalue weighted by molar-refractivity contribution is -0.136. The standard InChI is InChI=1S/C19H22ClN3O3/c1-13(24)21-12-18(25)23-9-3-2-4-17(23)19-22-11-16(26-19)10-14-5-7-15(20)8-6-14/h5-8,11,17H,2-4,9-10,12H2,1H3,(H,21,24). The summed E-state index contributed by atoms with van der Waals surface area (Å²) in [5.41, 5.74) is 1.08. The van der Waals surface area contributed by atoms with Crippen LogP contribution in [0.5, 0.6) is 0 Å². The third-order valence-electron chi connectivity index (χ3n) is 4.46. The van der Waals surface area contributed by atoms with E-state index < -0.39 is 0 Å². The summed E-state index contributed by atoms with van der Waals surface area (Å²) < 4.78 is 5.94. The van der Waals surface area contributed by atoms with Crippen molar-refractivity contribution in [3.8, 4) is 0 Å². The Bertz CT molecular complexity index is 773. The van der Waals surface area contributed by atoms with Crippen molar-refractivity contribution in [2.45, 2.75) is 38.6 Å². The van der Waals surface area contributed by atoms with Crippen molar-refractivity contribution in [3.05, 3.63) is 52.7 Å². The van der Waals surface area contributed by atoms with E-state index in [1.54, 1.807) is 11.1 Å². The number of rotatable bonds is 5. The molecule has 1 atom stereocenters. The molecule has 1 fully saturated rings. The number of nitrogens with one attached hydrogen (secondary N) is 1. The zero-order valence-corrected chi connectivity index (χ0v) is 15.5. The van der Waals surface area contributed by atoms with Gasteiger partial charge in [0.25, 0.3) is 0 Å². The monoisotopic (exact) mass is 375 g/mol. The van der Waals surface area contributed by atoms with Crippen LogP contribution < -0.4 is 5.32 Å². The molecule has 1 aliphatic rings. The van der Waals surface area contributed by atoms with Crippen LogP contribution in [0.1, 0.15) is 49.4 Å². The molecule has 0 saturated carbocycles. The number of benzene rings is 1. The van der Waals surface area contributed by atoms with E-state index in [1.807, 2.05) is 24.3 Å². The van der Waals surface area contributed by atoms with E-state index in [1.165, 1.54) is 6.92 Å². The van der Waals surface area contributed by atoms with Crippen LogP contribution in [0, 0.1) is 0 Å². The van der Waals surface area contributed by atoms with Crippen molar-refractivity contribution < 1.29 is 14.0 Å². The molecule has 0 aliphatic carbocycles. The number of oxazole rings is 1. The van der Waals surface area contributed by atoms with E-state index in [-0.39, 0.29) is 24.4 Å². The van der Waals surface area contributed by atoms with Crippen molar-refractivity contribution in [2.24, 2.45) is 0 Å². The number of piperidine rings is 1. The summed E-state index contributed by atoms with van der Waals surface area (Å²) in [6, 6.07) is 7.42. The zero-order valence-electron chi connectivity index (χ0n) is 14.7. The van der Waals surface area contributed by atoms with Gasteiger partial charge in [-0.2, -0.15) is 0 Å². The van der Waals surface area contributed by atoms with Gasteiger partial charge >= 0.3 is 0 Å². The Labute approximate surface area is 157 Å². The van der Waals surface area contributed by atoms with Gasteiger partial charge in [-0.1, -0.05) is 23.7 Å². The van der Waals surface area contributed by atoms with Crippen LogP contribution in [0.2, 0.25) is 5.02 Å². The van der Waals surface area contributed by atoms with Gasteiger partial charge < -0.3 is 14.6 Å². The summed E-state index contributed by atoms with van der Waals surface area (Å²) >= 11 is 5.91. The molecule has 1 unspecified atom stereocenters. The molecule has 6 nitrogen and oxygen atoms in total. The van der Waals surface area contributed by atoms with Gasteiger partial charge in [0.2, 0.25) is 17.7 Å². The fourth-order valence-electron chi connectivity index (χ4n) is 3.15. The van der Waals surface area contributed by atoms with Gasteiger partial charge in [0, 0.05) is 24.9 Å². The average molecular weight is 376 g/mol. The van der Waals surface area contributed by atoms with Gasteiger partial charge in [-0.05, 0) is 37.0 Å². The number of carbonyl (C=O) groups is 2. The lowest BCUT2D eigenvalue weighted by Gasteiger charge is -2.33. The predicted molar refractivity (Wildman–Crippen MR) is 97.7 cm³/mol. The lowest BCUT2D eigenvalue weighted by atomic mass is 10.0. The van der Waals surface area contributed by atoms with E-state index in [2.05, 4.69) is 10.3 Å². The van der Waals surface area contributed by atoms with Crippen molar-refractivity contribution in [1.82, 2.24) is 15.2 Å². The normalized spacial score (nSPS) is 17.2. The van der Waals surface area contributed by atoms with E-state index in [0.29, 0.717) is 23.9 Å². The third kappa shape index (κ3) is 4.64. The van der Waals surface area contributed by atoms with Gasteiger partial charge in [-0.3, -0.25) is 9.59 Å². The third-order valence-corrected chi connectivity index (χ3v) is 4.71. The molecule has 1 aliphatic heterocycles. The fourth-order valence-corrected chi connectivity index (χ4v) is 3.28. The quantitative estimate of drug-likeness (QED) is 0.871. The molecule has 1 aromatic carbocycles. The Morgan fingerprint density at radius 1 is 1.31 bits per heavy atom. The van der Waals surface area contributed by atoms with Crippen LogP contribution in [0.15, 0.2) is 34.9 Å². The molecule has 26 heavy (non-hydrogen) atoms. The second-order valence-electron chi connectivity index (χ2n) is 6.48. The highest BCUT2D eigenvalue weighted by Gasteiger charge is 2.31. The number of amides is 2. The zero-order chi connectivity index (χ0) is 18.5. The number of nitrogens with zero attached hydrogens (tertiary/aromatic N) is 2. The highest BCUT2D eigenvalue weighted by Crippen LogP contribution is 2.31. The summed E-state index contributed by atoms with van der Waals surface area (Å²) in [6.07, 6.45) is 5.11. The Hall–Kier alpha value is -2.34. The molecule has 3 rings (SSSR count). The first kappa shape index (κ1) is 18.5. The molecule has 2 amide bonds. The maximum atomic E-state index is 12.4.